The van der Waals surface area contributed by atoms with Crippen LogP contribution in [0.3, 0.4) is 0 Å². The van der Waals surface area contributed by atoms with E-state index in [1.54, 1.807) is 19.2 Å². The number of amides is 1. The van der Waals surface area contributed by atoms with Crippen molar-refractivity contribution in [3.05, 3.63) is 27.7 Å². The Kier molecular flexibility index (Phi) is 7.04. The van der Waals surface area contributed by atoms with Crippen molar-refractivity contribution in [1.29, 1.82) is 0 Å². The lowest BCUT2D eigenvalue weighted by Gasteiger charge is -2.37. The van der Waals surface area contributed by atoms with Gasteiger partial charge >= 0.3 is 0 Å². The molecule has 1 fully saturated rings. The molecule has 0 atom stereocenters. The van der Waals surface area contributed by atoms with E-state index in [0.717, 1.165) is 30.8 Å². The average molecular weight is 377 g/mol. The Morgan fingerprint density at radius 3 is 2.65 bits per heavy atom. The predicted octanol–water partition coefficient (Wildman–Crippen LogP) is 3.46. The minimum absolute atomic E-state index is 0.0170. The Balaban J connectivity index is 2.09. The van der Waals surface area contributed by atoms with Crippen molar-refractivity contribution in [3.63, 3.8) is 0 Å². The predicted molar refractivity (Wildman–Crippen MR) is 97.0 cm³/mol. The van der Waals surface area contributed by atoms with E-state index in [1.807, 2.05) is 6.26 Å². The van der Waals surface area contributed by atoms with Gasteiger partial charge in [0.25, 0.3) is 5.91 Å². The highest BCUT2D eigenvalue weighted by Gasteiger charge is 2.32. The second kappa shape index (κ2) is 8.58. The van der Waals surface area contributed by atoms with Crippen molar-refractivity contribution in [2.45, 2.75) is 17.7 Å². The van der Waals surface area contributed by atoms with E-state index in [9.17, 15) is 4.79 Å². The molecule has 23 heavy (non-hydrogen) atoms. The van der Waals surface area contributed by atoms with Crippen molar-refractivity contribution in [1.82, 2.24) is 10.6 Å². The first-order valence-corrected chi connectivity index (χ1v) is 9.50. The van der Waals surface area contributed by atoms with Crippen LogP contribution in [0.1, 0.15) is 23.2 Å². The van der Waals surface area contributed by atoms with Crippen LogP contribution in [0.15, 0.2) is 17.0 Å². The Hall–Kier alpha value is -0.460. The van der Waals surface area contributed by atoms with Crippen molar-refractivity contribution < 1.29 is 9.53 Å². The zero-order valence-corrected chi connectivity index (χ0v) is 15.7. The zero-order valence-electron chi connectivity index (χ0n) is 13.4. The molecule has 0 radical (unpaired) electrons. The molecule has 1 amide bonds. The number of carbonyl (C=O) groups is 1. The maximum Gasteiger partial charge on any atom is 0.252 e. The van der Waals surface area contributed by atoms with Crippen LogP contribution in [0.5, 0.6) is 0 Å². The molecule has 2 N–H and O–H groups in total. The van der Waals surface area contributed by atoms with E-state index in [1.165, 1.54) is 11.8 Å². The zero-order chi connectivity index (χ0) is 16.9. The fourth-order valence-corrected chi connectivity index (χ4v) is 4.05. The molecular formula is C16H22Cl2N2O2S. The normalized spacial score (nSPS) is 17.0. The third kappa shape index (κ3) is 4.77. The standard InChI is InChI=1S/C16H22Cl2N2O2S/c1-22-10-16(3-5-19-6-4-16)9-20-15(21)11-7-14(23-2)13(18)8-12(11)17/h7-8,19H,3-6,9-10H2,1-2H3,(H,20,21). The van der Waals surface area contributed by atoms with E-state index in [-0.39, 0.29) is 11.3 Å². The number of ether oxygens (including phenoxy) is 1. The molecule has 1 heterocycles. The van der Waals surface area contributed by atoms with Crippen LogP contribution in [0.4, 0.5) is 0 Å². The van der Waals surface area contributed by atoms with Crippen LogP contribution in [0.2, 0.25) is 10.0 Å². The maximum absolute atomic E-state index is 12.5. The largest absolute Gasteiger partial charge is 0.384 e. The Labute approximate surface area is 151 Å². The fraction of sp³-hybridized carbons (Fsp3) is 0.562. The minimum Gasteiger partial charge on any atom is -0.384 e. The van der Waals surface area contributed by atoms with Gasteiger partial charge in [0.2, 0.25) is 0 Å². The second-order valence-electron chi connectivity index (χ2n) is 5.83. The smallest absolute Gasteiger partial charge is 0.252 e. The highest BCUT2D eigenvalue weighted by Crippen LogP contribution is 2.32. The average Bonchev–Trinajstić information content (AvgIpc) is 2.54. The van der Waals surface area contributed by atoms with Gasteiger partial charge in [-0.1, -0.05) is 23.2 Å². The second-order valence-corrected chi connectivity index (χ2v) is 7.49. The molecule has 1 aliphatic rings. The number of benzene rings is 1. The molecule has 0 aromatic heterocycles. The van der Waals surface area contributed by atoms with Crippen LogP contribution in [0.25, 0.3) is 0 Å². The lowest BCUT2D eigenvalue weighted by molar-refractivity contribution is 0.0511. The van der Waals surface area contributed by atoms with Gasteiger partial charge in [0.1, 0.15) is 0 Å². The number of hydrogen-bond acceptors (Lipinski definition) is 4. The summed E-state index contributed by atoms with van der Waals surface area (Å²) in [4.78, 5) is 13.4. The lowest BCUT2D eigenvalue weighted by Crippen LogP contribution is -2.47. The van der Waals surface area contributed by atoms with E-state index in [4.69, 9.17) is 27.9 Å². The topological polar surface area (TPSA) is 50.4 Å². The van der Waals surface area contributed by atoms with Crippen molar-refractivity contribution >= 4 is 40.9 Å². The summed E-state index contributed by atoms with van der Waals surface area (Å²) in [7, 11) is 1.70. The van der Waals surface area contributed by atoms with Crippen molar-refractivity contribution in [2.75, 3.05) is 39.6 Å². The van der Waals surface area contributed by atoms with Gasteiger partial charge in [-0.15, -0.1) is 11.8 Å². The quantitative estimate of drug-likeness (QED) is 0.746. The SMILES string of the molecule is COCC1(CNC(=O)c2cc(SC)c(Cl)cc2Cl)CCNCC1. The summed E-state index contributed by atoms with van der Waals surface area (Å²) in [5, 5.41) is 7.30. The van der Waals surface area contributed by atoms with Crippen LogP contribution in [0, 0.1) is 5.41 Å². The number of hydrogen-bond donors (Lipinski definition) is 2. The lowest BCUT2D eigenvalue weighted by atomic mass is 9.79. The van der Waals surface area contributed by atoms with Crippen LogP contribution < -0.4 is 10.6 Å². The van der Waals surface area contributed by atoms with Crippen molar-refractivity contribution in [2.24, 2.45) is 5.41 Å². The van der Waals surface area contributed by atoms with Gasteiger partial charge in [-0.05, 0) is 44.3 Å². The first kappa shape index (κ1) is 18.9. The molecule has 1 aliphatic heterocycles. The summed E-state index contributed by atoms with van der Waals surface area (Å²) in [5.41, 5.74) is 0.443. The number of piperidine rings is 1. The van der Waals surface area contributed by atoms with Gasteiger partial charge in [-0.3, -0.25) is 4.79 Å². The van der Waals surface area contributed by atoms with Gasteiger partial charge in [0.15, 0.2) is 0 Å². The van der Waals surface area contributed by atoms with Gasteiger partial charge < -0.3 is 15.4 Å². The monoisotopic (exact) mass is 376 g/mol. The van der Waals surface area contributed by atoms with Gasteiger partial charge in [-0.2, -0.15) is 0 Å². The summed E-state index contributed by atoms with van der Waals surface area (Å²) < 4.78 is 5.37. The highest BCUT2D eigenvalue weighted by atomic mass is 35.5. The Bertz CT molecular complexity index is 558. The molecule has 7 heteroatoms. The Morgan fingerprint density at radius 1 is 1.35 bits per heavy atom. The van der Waals surface area contributed by atoms with E-state index in [0.29, 0.717) is 28.8 Å². The molecule has 1 saturated heterocycles. The fourth-order valence-electron chi connectivity index (χ4n) is 2.86. The number of thioether (sulfide) groups is 1. The summed E-state index contributed by atoms with van der Waals surface area (Å²) in [6.45, 7) is 3.10. The van der Waals surface area contributed by atoms with Crippen LogP contribution >= 0.6 is 35.0 Å². The maximum atomic E-state index is 12.5. The van der Waals surface area contributed by atoms with Gasteiger partial charge in [0, 0.05) is 24.0 Å². The number of methoxy groups -OCH3 is 1. The molecule has 1 aromatic carbocycles. The molecule has 0 saturated carbocycles. The molecular weight excluding hydrogens is 355 g/mol. The third-order valence-electron chi connectivity index (χ3n) is 4.22. The molecule has 0 unspecified atom stereocenters. The molecule has 128 valence electrons. The molecule has 1 aromatic rings. The summed E-state index contributed by atoms with van der Waals surface area (Å²) in [6.07, 6.45) is 3.87. The van der Waals surface area contributed by atoms with E-state index < -0.39 is 0 Å². The summed E-state index contributed by atoms with van der Waals surface area (Å²) >= 11 is 13.8. The third-order valence-corrected chi connectivity index (χ3v) is 5.74. The Morgan fingerprint density at radius 2 is 2.04 bits per heavy atom. The van der Waals surface area contributed by atoms with Crippen molar-refractivity contribution in [3.8, 4) is 0 Å². The van der Waals surface area contributed by atoms with Gasteiger partial charge in [0.05, 0.1) is 22.2 Å². The summed E-state index contributed by atoms with van der Waals surface area (Å²) in [5.74, 6) is -0.170. The van der Waals surface area contributed by atoms with Gasteiger partial charge in [-0.25, -0.2) is 0 Å². The summed E-state index contributed by atoms with van der Waals surface area (Å²) in [6, 6.07) is 3.37. The molecule has 4 nitrogen and oxygen atoms in total. The molecule has 2 rings (SSSR count). The molecule has 0 aliphatic carbocycles. The number of nitrogens with one attached hydrogen (secondary N) is 2. The van der Waals surface area contributed by atoms with E-state index in [2.05, 4.69) is 10.6 Å². The molecule has 0 bridgehead atoms. The first-order valence-electron chi connectivity index (χ1n) is 7.52. The number of rotatable bonds is 6. The highest BCUT2D eigenvalue weighted by molar-refractivity contribution is 7.98. The number of halogens is 2. The van der Waals surface area contributed by atoms with E-state index >= 15 is 0 Å². The van der Waals surface area contributed by atoms with Crippen LogP contribution in [-0.4, -0.2) is 45.5 Å². The molecule has 0 spiro atoms. The van der Waals surface area contributed by atoms with Crippen LogP contribution in [-0.2, 0) is 4.74 Å². The first-order chi connectivity index (χ1) is 11.0. The minimum atomic E-state index is -0.170. The number of carbonyl (C=O) groups excluding carboxylic acids is 1.